The van der Waals surface area contributed by atoms with Crippen LogP contribution in [0, 0.1) is 18.6 Å². The first kappa shape index (κ1) is 10.5. The van der Waals surface area contributed by atoms with Gasteiger partial charge in [0.05, 0.1) is 6.04 Å². The molecule has 0 aliphatic rings. The lowest BCUT2D eigenvalue weighted by atomic mass is 10.1. The predicted molar refractivity (Wildman–Crippen MR) is 48.7 cm³/mol. The van der Waals surface area contributed by atoms with Crippen molar-refractivity contribution < 1.29 is 8.78 Å². The zero-order chi connectivity index (χ0) is 10.7. The number of hydrogen-bond donors (Lipinski definition) is 0. The molecule has 5 heteroatoms. The van der Waals surface area contributed by atoms with Crippen LogP contribution in [0.15, 0.2) is 17.2 Å². The molecule has 0 bridgehead atoms. The van der Waals surface area contributed by atoms with Crippen molar-refractivity contribution in [1.29, 1.82) is 0 Å². The van der Waals surface area contributed by atoms with Gasteiger partial charge in [0.15, 0.2) is 0 Å². The molecule has 0 fully saturated rings. The van der Waals surface area contributed by atoms with Gasteiger partial charge in [0.1, 0.15) is 11.6 Å². The lowest BCUT2D eigenvalue weighted by Crippen LogP contribution is -1.97. The molecule has 74 valence electrons. The van der Waals surface area contributed by atoms with Crippen molar-refractivity contribution in [1.82, 2.24) is 0 Å². The van der Waals surface area contributed by atoms with Gasteiger partial charge in [-0.3, -0.25) is 0 Å². The summed E-state index contributed by atoms with van der Waals surface area (Å²) in [6.45, 7) is 2.98. The number of nitrogens with zero attached hydrogens (tertiary/aromatic N) is 3. The quantitative estimate of drug-likeness (QED) is 0.395. The van der Waals surface area contributed by atoms with Crippen LogP contribution in [0.3, 0.4) is 0 Å². The van der Waals surface area contributed by atoms with Gasteiger partial charge in [-0.15, -0.1) is 0 Å². The summed E-state index contributed by atoms with van der Waals surface area (Å²) in [6, 6.07) is 1.45. The molecule has 1 atom stereocenters. The zero-order valence-electron chi connectivity index (χ0n) is 7.83. The van der Waals surface area contributed by atoms with Gasteiger partial charge >= 0.3 is 0 Å². The van der Waals surface area contributed by atoms with Crippen molar-refractivity contribution in [3.8, 4) is 0 Å². The van der Waals surface area contributed by atoms with E-state index in [4.69, 9.17) is 5.53 Å². The maximum absolute atomic E-state index is 13.3. The predicted octanol–water partition coefficient (Wildman–Crippen LogP) is 3.64. The SMILES string of the molecule is Cc1cc(F)c([C@@H](C)N=[N+]=[N-])cc1F. The van der Waals surface area contributed by atoms with Gasteiger partial charge < -0.3 is 0 Å². The van der Waals surface area contributed by atoms with Crippen LogP contribution in [0.5, 0.6) is 0 Å². The highest BCUT2D eigenvalue weighted by molar-refractivity contribution is 5.27. The van der Waals surface area contributed by atoms with Gasteiger partial charge in [-0.25, -0.2) is 8.78 Å². The van der Waals surface area contributed by atoms with Crippen molar-refractivity contribution in [2.45, 2.75) is 19.9 Å². The van der Waals surface area contributed by atoms with Gasteiger partial charge in [0.25, 0.3) is 0 Å². The molecule has 0 radical (unpaired) electrons. The zero-order valence-corrected chi connectivity index (χ0v) is 7.83. The summed E-state index contributed by atoms with van der Waals surface area (Å²) in [4.78, 5) is 2.54. The number of halogens is 2. The molecular weight excluding hydrogens is 188 g/mol. The standard InChI is InChI=1S/C9H9F2N3/c1-5-3-9(11)7(4-8(5)10)6(2)13-14-12/h3-4,6H,1-2H3/t6-/m1/s1. The Morgan fingerprint density at radius 1 is 1.36 bits per heavy atom. The fourth-order valence-corrected chi connectivity index (χ4v) is 1.12. The number of azide groups is 1. The Morgan fingerprint density at radius 2 is 2.00 bits per heavy atom. The normalized spacial score (nSPS) is 12.0. The van der Waals surface area contributed by atoms with Gasteiger partial charge in [-0.1, -0.05) is 12.0 Å². The molecule has 0 saturated heterocycles. The van der Waals surface area contributed by atoms with E-state index in [1.54, 1.807) is 0 Å². The second-order valence-electron chi connectivity index (χ2n) is 3.00. The lowest BCUT2D eigenvalue weighted by molar-refractivity contribution is 0.565. The highest BCUT2D eigenvalue weighted by atomic mass is 19.1. The molecule has 0 saturated carbocycles. The van der Waals surface area contributed by atoms with Gasteiger partial charge in [-0.05, 0) is 35.7 Å². The van der Waals surface area contributed by atoms with E-state index in [0.29, 0.717) is 0 Å². The average Bonchev–Trinajstić information content (AvgIpc) is 2.11. The summed E-state index contributed by atoms with van der Waals surface area (Å²) in [7, 11) is 0. The van der Waals surface area contributed by atoms with Crippen LogP contribution in [0.2, 0.25) is 0 Å². The Balaban J connectivity index is 3.21. The van der Waals surface area contributed by atoms with Crippen molar-refractivity contribution >= 4 is 0 Å². The number of benzene rings is 1. The molecule has 1 aromatic carbocycles. The second-order valence-corrected chi connectivity index (χ2v) is 3.00. The molecular formula is C9H9F2N3. The molecule has 0 unspecified atom stereocenters. The third kappa shape index (κ3) is 2.00. The molecule has 0 heterocycles. The highest BCUT2D eigenvalue weighted by Gasteiger charge is 2.12. The average molecular weight is 197 g/mol. The summed E-state index contributed by atoms with van der Waals surface area (Å²) in [6.07, 6.45) is 0. The van der Waals surface area contributed by atoms with E-state index in [1.165, 1.54) is 13.8 Å². The molecule has 0 aliphatic carbocycles. The van der Waals surface area contributed by atoms with Crippen LogP contribution in [0.25, 0.3) is 10.4 Å². The Hall–Kier alpha value is -1.61. The third-order valence-electron chi connectivity index (χ3n) is 1.95. The molecule has 0 spiro atoms. The van der Waals surface area contributed by atoms with Crippen molar-refractivity contribution in [3.05, 3.63) is 45.3 Å². The first-order chi connectivity index (χ1) is 6.56. The topological polar surface area (TPSA) is 48.8 Å². The minimum absolute atomic E-state index is 0.0749. The van der Waals surface area contributed by atoms with Crippen LogP contribution >= 0.6 is 0 Å². The largest absolute Gasteiger partial charge is 0.207 e. The molecule has 0 amide bonds. The monoisotopic (exact) mass is 197 g/mol. The summed E-state index contributed by atoms with van der Waals surface area (Å²) in [5.74, 6) is -1.05. The molecule has 0 N–H and O–H groups in total. The van der Waals surface area contributed by atoms with E-state index in [2.05, 4.69) is 10.0 Å². The van der Waals surface area contributed by atoms with E-state index in [-0.39, 0.29) is 11.1 Å². The minimum atomic E-state index is -0.699. The van der Waals surface area contributed by atoms with E-state index in [1.807, 2.05) is 0 Å². The number of rotatable bonds is 2. The van der Waals surface area contributed by atoms with E-state index in [0.717, 1.165) is 12.1 Å². The van der Waals surface area contributed by atoms with Gasteiger partial charge in [-0.2, -0.15) is 0 Å². The first-order valence-electron chi connectivity index (χ1n) is 4.06. The highest BCUT2D eigenvalue weighted by Crippen LogP contribution is 2.23. The summed E-state index contributed by atoms with van der Waals surface area (Å²) in [5.41, 5.74) is 8.47. The van der Waals surface area contributed by atoms with Gasteiger partial charge in [0, 0.05) is 4.91 Å². The Bertz CT molecular complexity index is 397. The Kier molecular flexibility index (Phi) is 3.04. The smallest absolute Gasteiger partial charge is 0.127 e. The summed E-state index contributed by atoms with van der Waals surface area (Å²) in [5, 5.41) is 3.30. The molecule has 1 aromatic rings. The number of aryl methyl sites for hydroxylation is 1. The lowest BCUT2D eigenvalue weighted by Gasteiger charge is -2.07. The molecule has 0 aromatic heterocycles. The van der Waals surface area contributed by atoms with Gasteiger partial charge in [0.2, 0.25) is 0 Å². The molecule has 0 aliphatic heterocycles. The second kappa shape index (κ2) is 4.07. The van der Waals surface area contributed by atoms with E-state index < -0.39 is 17.7 Å². The van der Waals surface area contributed by atoms with Crippen LogP contribution < -0.4 is 0 Å². The van der Waals surface area contributed by atoms with Crippen molar-refractivity contribution in [3.63, 3.8) is 0 Å². The molecule has 14 heavy (non-hydrogen) atoms. The molecule has 3 nitrogen and oxygen atoms in total. The van der Waals surface area contributed by atoms with Crippen LogP contribution in [-0.2, 0) is 0 Å². The van der Waals surface area contributed by atoms with Crippen LogP contribution in [0.4, 0.5) is 8.78 Å². The maximum atomic E-state index is 13.3. The number of hydrogen-bond acceptors (Lipinski definition) is 1. The minimum Gasteiger partial charge on any atom is -0.207 e. The van der Waals surface area contributed by atoms with E-state index in [9.17, 15) is 8.78 Å². The summed E-state index contributed by atoms with van der Waals surface area (Å²) >= 11 is 0. The first-order valence-corrected chi connectivity index (χ1v) is 4.06. The van der Waals surface area contributed by atoms with Crippen LogP contribution in [-0.4, -0.2) is 0 Å². The Morgan fingerprint density at radius 3 is 2.57 bits per heavy atom. The Labute approximate surface area is 80.0 Å². The fourth-order valence-electron chi connectivity index (χ4n) is 1.12. The molecule has 1 rings (SSSR count). The fraction of sp³-hybridized carbons (Fsp3) is 0.333. The van der Waals surface area contributed by atoms with Crippen LogP contribution in [0.1, 0.15) is 24.1 Å². The third-order valence-corrected chi connectivity index (χ3v) is 1.95. The van der Waals surface area contributed by atoms with Crippen molar-refractivity contribution in [2.24, 2.45) is 5.11 Å². The van der Waals surface area contributed by atoms with Crippen molar-refractivity contribution in [2.75, 3.05) is 0 Å². The summed E-state index contributed by atoms with van der Waals surface area (Å²) < 4.78 is 26.3. The van der Waals surface area contributed by atoms with E-state index >= 15 is 0 Å². The maximum Gasteiger partial charge on any atom is 0.127 e.